The molecular weight excluding hydrogens is 949 g/mol. The molecule has 0 saturated carbocycles. The van der Waals surface area contributed by atoms with Gasteiger partial charge < -0.3 is 18.1 Å². The van der Waals surface area contributed by atoms with Gasteiger partial charge in [-0.15, -0.1) is 0 Å². The van der Waals surface area contributed by atoms with E-state index in [1.807, 2.05) is 0 Å². The zero-order valence-electron chi connectivity index (χ0n) is 49.4. The Morgan fingerprint density at radius 3 is 0.872 bits per heavy atom. The van der Waals surface area contributed by atoms with Crippen LogP contribution in [0.2, 0.25) is 0 Å². The van der Waals surface area contributed by atoms with Crippen LogP contribution >= 0.6 is 0 Å². The van der Waals surface area contributed by atoms with Crippen molar-refractivity contribution in [3.8, 4) is 23.1 Å². The average molecular weight is 1030 g/mol. The number of hydrogen-bond acceptors (Lipinski definition) is 2. The minimum atomic E-state index is -0.105. The number of furan rings is 1. The van der Waals surface area contributed by atoms with E-state index in [0.717, 1.165) is 88.1 Å². The molecule has 0 unspecified atom stereocenters. The Bertz CT molecular complexity index is 4330. The van der Waals surface area contributed by atoms with Crippen molar-refractivity contribution >= 4 is 87.4 Å². The zero-order chi connectivity index (χ0) is 55.7. The van der Waals surface area contributed by atoms with E-state index >= 15 is 0 Å². The van der Waals surface area contributed by atoms with Crippen LogP contribution in [-0.4, -0.2) is 13.7 Å². The molecule has 5 nitrogen and oxygen atoms in total. The second kappa shape index (κ2) is 16.7. The normalized spacial score (nSPS) is 13.5. The molecule has 0 radical (unpaired) electrons. The van der Waals surface area contributed by atoms with Crippen LogP contribution in [-0.2, 0) is 32.5 Å². The van der Waals surface area contributed by atoms with Crippen LogP contribution in [0.15, 0.2) is 138 Å². The monoisotopic (exact) mass is 1020 g/mol. The molecule has 0 aliphatic carbocycles. The lowest BCUT2D eigenvalue weighted by molar-refractivity contribution is 0.590. The van der Waals surface area contributed by atoms with E-state index in [2.05, 4.69) is 278 Å². The second-order valence-electron chi connectivity index (χ2n) is 28.7. The van der Waals surface area contributed by atoms with Gasteiger partial charge in [-0.25, -0.2) is 0 Å². The highest BCUT2D eigenvalue weighted by Crippen LogP contribution is 2.51. The van der Waals surface area contributed by atoms with Gasteiger partial charge in [0.25, 0.3) is 0 Å². The maximum atomic E-state index is 12.7. The predicted molar refractivity (Wildman–Crippen MR) is 334 cm³/mol. The molecule has 0 N–H and O–H groups in total. The molecule has 0 aliphatic rings. The summed E-state index contributed by atoms with van der Waals surface area (Å²) in [6.45, 7) is 41.3. The first-order valence-corrected chi connectivity index (χ1v) is 28.1. The van der Waals surface area contributed by atoms with Crippen LogP contribution in [0.3, 0.4) is 0 Å². The fourth-order valence-electron chi connectivity index (χ4n) is 12.3. The lowest BCUT2D eigenvalue weighted by Crippen LogP contribution is -2.13. The number of nitrogens with zero attached hydrogens (tertiary/aromatic N) is 4. The largest absolute Gasteiger partial charge is 0.454 e. The van der Waals surface area contributed by atoms with Gasteiger partial charge in [0.2, 0.25) is 0 Å². The molecule has 0 bridgehead atoms. The van der Waals surface area contributed by atoms with Crippen molar-refractivity contribution in [2.24, 2.45) is 0 Å². The molecule has 0 amide bonds. The van der Waals surface area contributed by atoms with Crippen molar-refractivity contribution in [1.29, 1.82) is 5.26 Å². The lowest BCUT2D eigenvalue weighted by Gasteiger charge is -2.24. The SMILES string of the molecule is CC(C)(C)c1ccc2c(c1)c1cc(C(C)(C)C)ccc1n2-c1c(C#N)c(-n2c3ccc(C(C)(C)C)cc3c3cc(C(C)(C)C)ccc32)c2oc3ccccc3c2c1-n1c2ccc(C(C)(C)C)cc2c2cc(C(C)(C)C)ccc21. The van der Waals surface area contributed by atoms with E-state index in [1.54, 1.807) is 0 Å². The van der Waals surface area contributed by atoms with Crippen molar-refractivity contribution in [3.05, 3.63) is 172 Å². The molecule has 0 saturated heterocycles. The van der Waals surface area contributed by atoms with Crippen molar-refractivity contribution in [1.82, 2.24) is 13.7 Å². The molecule has 0 spiro atoms. The summed E-state index contributed by atoms with van der Waals surface area (Å²) in [6.07, 6.45) is 0. The maximum absolute atomic E-state index is 12.7. The number of fused-ring (bicyclic) bond motifs is 12. The Morgan fingerprint density at radius 2 is 0.590 bits per heavy atom. The van der Waals surface area contributed by atoms with Crippen molar-refractivity contribution in [2.45, 2.75) is 157 Å². The van der Waals surface area contributed by atoms with Crippen LogP contribution in [0, 0.1) is 11.3 Å². The Morgan fingerprint density at radius 1 is 0.321 bits per heavy atom. The Kier molecular flexibility index (Phi) is 11.0. The summed E-state index contributed by atoms with van der Waals surface area (Å²) in [4.78, 5) is 0. The summed E-state index contributed by atoms with van der Waals surface area (Å²) in [6, 6.07) is 53.6. The number of hydrogen-bond donors (Lipinski definition) is 0. The van der Waals surface area contributed by atoms with E-state index in [1.165, 1.54) is 44.2 Å². The molecule has 4 heterocycles. The van der Waals surface area contributed by atoms with Crippen LogP contribution in [0.5, 0.6) is 0 Å². The second-order valence-corrected chi connectivity index (χ2v) is 28.7. The van der Waals surface area contributed by atoms with Crippen molar-refractivity contribution in [2.75, 3.05) is 0 Å². The van der Waals surface area contributed by atoms with Gasteiger partial charge in [0, 0.05) is 37.7 Å². The molecule has 8 aromatic carbocycles. The highest BCUT2D eigenvalue weighted by Gasteiger charge is 2.34. The molecule has 12 aromatic rings. The fourth-order valence-corrected chi connectivity index (χ4v) is 12.3. The highest BCUT2D eigenvalue weighted by molar-refractivity contribution is 6.21. The number of para-hydroxylation sites is 1. The predicted octanol–water partition coefficient (Wildman–Crippen LogP) is 20.5. The van der Waals surface area contributed by atoms with Crippen molar-refractivity contribution < 1.29 is 4.42 Å². The Hall–Kier alpha value is -7.55. The van der Waals surface area contributed by atoms with Gasteiger partial charge in [-0.3, -0.25) is 0 Å². The third-order valence-electron chi connectivity index (χ3n) is 17.0. The zero-order valence-corrected chi connectivity index (χ0v) is 49.4. The lowest BCUT2D eigenvalue weighted by atomic mass is 9.85. The molecule has 5 heteroatoms. The molecule has 78 heavy (non-hydrogen) atoms. The number of benzene rings is 8. The van der Waals surface area contributed by atoms with Gasteiger partial charge >= 0.3 is 0 Å². The van der Waals surface area contributed by atoms with Crippen LogP contribution in [0.1, 0.15) is 164 Å². The molecule has 0 aliphatic heterocycles. The highest BCUT2D eigenvalue weighted by atomic mass is 16.3. The van der Waals surface area contributed by atoms with E-state index in [0.29, 0.717) is 11.1 Å². The summed E-state index contributed by atoms with van der Waals surface area (Å²) < 4.78 is 14.7. The van der Waals surface area contributed by atoms with E-state index in [4.69, 9.17) is 4.42 Å². The minimum Gasteiger partial charge on any atom is -0.454 e. The Labute approximate surface area is 461 Å². The van der Waals surface area contributed by atoms with Crippen LogP contribution in [0.4, 0.5) is 0 Å². The van der Waals surface area contributed by atoms with E-state index in [-0.39, 0.29) is 32.5 Å². The van der Waals surface area contributed by atoms with E-state index in [9.17, 15) is 5.26 Å². The number of nitriles is 1. The van der Waals surface area contributed by atoms with Gasteiger partial charge in [-0.05, 0) is 145 Å². The number of aromatic nitrogens is 3. The van der Waals surface area contributed by atoms with Gasteiger partial charge in [-0.1, -0.05) is 179 Å². The van der Waals surface area contributed by atoms with Crippen molar-refractivity contribution in [3.63, 3.8) is 0 Å². The minimum absolute atomic E-state index is 0.0938. The summed E-state index contributed by atoms with van der Waals surface area (Å²) in [7, 11) is 0. The fraction of sp³-hybridized carbons (Fsp3) is 0.329. The first kappa shape index (κ1) is 51.2. The smallest absolute Gasteiger partial charge is 0.163 e. The van der Waals surface area contributed by atoms with Crippen LogP contribution in [0.25, 0.3) is 104 Å². The summed E-state index contributed by atoms with van der Waals surface area (Å²) in [5.41, 5.74) is 17.7. The third-order valence-corrected chi connectivity index (χ3v) is 17.0. The maximum Gasteiger partial charge on any atom is 0.163 e. The van der Waals surface area contributed by atoms with Gasteiger partial charge in [0.1, 0.15) is 22.9 Å². The molecule has 0 atom stereocenters. The summed E-state index contributed by atoms with van der Waals surface area (Å²) >= 11 is 0. The molecular formula is C73H76N4O. The van der Waals surface area contributed by atoms with Gasteiger partial charge in [0.05, 0.1) is 49.9 Å². The third kappa shape index (κ3) is 7.83. The molecule has 12 rings (SSSR count). The Balaban J connectivity index is 1.39. The van der Waals surface area contributed by atoms with E-state index < -0.39 is 0 Å². The molecule has 4 aromatic heterocycles. The topological polar surface area (TPSA) is 51.7 Å². The summed E-state index contributed by atoms with van der Waals surface area (Å²) in [5, 5.41) is 21.6. The van der Waals surface area contributed by atoms with Gasteiger partial charge in [-0.2, -0.15) is 5.26 Å². The molecule has 394 valence electrons. The van der Waals surface area contributed by atoms with Gasteiger partial charge in [0.15, 0.2) is 5.58 Å². The average Bonchev–Trinajstić information content (AvgIpc) is 4.02. The first-order valence-electron chi connectivity index (χ1n) is 28.1. The molecule has 0 fully saturated rings. The first-order chi connectivity index (χ1) is 36.4. The quantitative estimate of drug-likeness (QED) is 0.177. The summed E-state index contributed by atoms with van der Waals surface area (Å²) in [5.74, 6) is 0. The number of rotatable bonds is 3. The standard InChI is InChI=1S/C73H76N4O/c1-68(2,3)42-23-29-56-49(35-42)50-36-43(69(4,5)6)24-30-57(50)75(56)64-55(41-74)65(76-58-31-25-44(70(7,8)9)37-51(58)52-38-45(71(10,11)12)26-32-59(52)76)67-63(48-21-19-20-22-62(48)78-67)66(64)77-60-33-27-46(72(13,14)15)39-53(60)54-40-47(73(16,17)18)28-34-61(54)77/h19-40H,1-18H3. The van der Waals surface area contributed by atoms with Crippen LogP contribution < -0.4 is 0 Å².